The molecule has 1 heterocycles. The molecule has 1 atom stereocenters. The van der Waals surface area contributed by atoms with Crippen molar-refractivity contribution in [2.75, 3.05) is 6.54 Å². The zero-order valence-electron chi connectivity index (χ0n) is 12.2. The highest BCUT2D eigenvalue weighted by atomic mass is 16.2. The molecule has 0 spiro atoms. The Kier molecular flexibility index (Phi) is 4.29. The SMILES string of the molecule is CC1(C)CC(=O)N(C(CN)C2CCCCC2)C(=O)C1. The van der Waals surface area contributed by atoms with Crippen LogP contribution in [-0.2, 0) is 9.59 Å². The molecule has 1 unspecified atom stereocenters. The third-order valence-electron chi connectivity index (χ3n) is 4.56. The summed E-state index contributed by atoms with van der Waals surface area (Å²) in [7, 11) is 0. The van der Waals surface area contributed by atoms with E-state index in [1.165, 1.54) is 24.2 Å². The minimum absolute atomic E-state index is 0.0257. The molecule has 2 rings (SSSR count). The van der Waals surface area contributed by atoms with E-state index in [-0.39, 0.29) is 23.3 Å². The summed E-state index contributed by atoms with van der Waals surface area (Å²) in [6, 6.07) is -0.0728. The lowest BCUT2D eigenvalue weighted by Crippen LogP contribution is -2.56. The van der Waals surface area contributed by atoms with Gasteiger partial charge in [0.1, 0.15) is 0 Å². The van der Waals surface area contributed by atoms with Gasteiger partial charge in [-0.05, 0) is 24.2 Å². The summed E-state index contributed by atoms with van der Waals surface area (Å²) in [4.78, 5) is 26.1. The van der Waals surface area contributed by atoms with Crippen LogP contribution in [0.5, 0.6) is 0 Å². The van der Waals surface area contributed by atoms with Crippen LogP contribution in [0.25, 0.3) is 0 Å². The van der Waals surface area contributed by atoms with E-state index < -0.39 is 0 Å². The van der Waals surface area contributed by atoms with Crippen LogP contribution in [-0.4, -0.2) is 29.3 Å². The van der Waals surface area contributed by atoms with Crippen LogP contribution >= 0.6 is 0 Å². The number of amides is 2. The maximum Gasteiger partial charge on any atom is 0.230 e. The van der Waals surface area contributed by atoms with Gasteiger partial charge in [0.05, 0.1) is 6.04 Å². The number of carbonyl (C=O) groups excluding carboxylic acids is 2. The van der Waals surface area contributed by atoms with Gasteiger partial charge in [-0.1, -0.05) is 33.1 Å². The second-order valence-corrected chi connectivity index (χ2v) is 6.88. The van der Waals surface area contributed by atoms with Crippen molar-refractivity contribution in [1.82, 2.24) is 4.90 Å². The smallest absolute Gasteiger partial charge is 0.230 e. The zero-order valence-corrected chi connectivity index (χ0v) is 12.2. The van der Waals surface area contributed by atoms with Gasteiger partial charge in [-0.15, -0.1) is 0 Å². The molecular formula is C15H26N2O2. The summed E-state index contributed by atoms with van der Waals surface area (Å²) >= 11 is 0. The third kappa shape index (κ3) is 3.16. The number of piperidine rings is 1. The average molecular weight is 266 g/mol. The van der Waals surface area contributed by atoms with E-state index in [1.807, 2.05) is 13.8 Å². The van der Waals surface area contributed by atoms with Gasteiger partial charge in [-0.3, -0.25) is 14.5 Å². The highest BCUT2D eigenvalue weighted by Crippen LogP contribution is 2.36. The van der Waals surface area contributed by atoms with Crippen molar-refractivity contribution in [2.45, 2.75) is 64.8 Å². The topological polar surface area (TPSA) is 63.4 Å². The van der Waals surface area contributed by atoms with E-state index in [0.29, 0.717) is 25.3 Å². The van der Waals surface area contributed by atoms with Gasteiger partial charge in [0.25, 0.3) is 0 Å². The van der Waals surface area contributed by atoms with Crippen molar-refractivity contribution in [3.05, 3.63) is 0 Å². The molecule has 108 valence electrons. The van der Waals surface area contributed by atoms with Gasteiger partial charge < -0.3 is 5.73 Å². The Morgan fingerprint density at radius 3 is 2.16 bits per heavy atom. The normalized spacial score (nSPS) is 26.6. The van der Waals surface area contributed by atoms with Crippen LogP contribution < -0.4 is 5.73 Å². The van der Waals surface area contributed by atoms with E-state index in [2.05, 4.69) is 0 Å². The van der Waals surface area contributed by atoms with Crippen LogP contribution in [0.1, 0.15) is 58.8 Å². The number of hydrogen-bond donors (Lipinski definition) is 1. The molecular weight excluding hydrogens is 240 g/mol. The molecule has 4 nitrogen and oxygen atoms in total. The Labute approximate surface area is 115 Å². The molecule has 0 aromatic rings. The predicted molar refractivity (Wildman–Crippen MR) is 74.3 cm³/mol. The maximum atomic E-state index is 12.3. The van der Waals surface area contributed by atoms with Crippen molar-refractivity contribution in [2.24, 2.45) is 17.1 Å². The maximum absolute atomic E-state index is 12.3. The van der Waals surface area contributed by atoms with Crippen LogP contribution in [0, 0.1) is 11.3 Å². The standard InChI is InChI=1S/C15H26N2O2/c1-15(2)8-13(18)17(14(19)9-15)12(10-16)11-6-4-3-5-7-11/h11-12H,3-10,16H2,1-2H3. The molecule has 0 bridgehead atoms. The van der Waals surface area contributed by atoms with Gasteiger partial charge in [0, 0.05) is 19.4 Å². The van der Waals surface area contributed by atoms with Crippen LogP contribution in [0.4, 0.5) is 0 Å². The van der Waals surface area contributed by atoms with Gasteiger partial charge in [-0.25, -0.2) is 0 Å². The number of carbonyl (C=O) groups is 2. The second-order valence-electron chi connectivity index (χ2n) is 6.88. The highest BCUT2D eigenvalue weighted by molar-refractivity contribution is 5.98. The summed E-state index contributed by atoms with van der Waals surface area (Å²) in [5, 5.41) is 0. The number of rotatable bonds is 3. The summed E-state index contributed by atoms with van der Waals surface area (Å²) in [5.74, 6) is 0.359. The average Bonchev–Trinajstić information content (AvgIpc) is 2.33. The summed E-state index contributed by atoms with van der Waals surface area (Å²) in [6.45, 7) is 4.37. The molecule has 1 saturated heterocycles. The van der Waals surface area contributed by atoms with E-state index in [9.17, 15) is 9.59 Å². The molecule has 2 N–H and O–H groups in total. The minimum atomic E-state index is -0.198. The molecule has 2 fully saturated rings. The van der Waals surface area contributed by atoms with Crippen molar-refractivity contribution in [3.63, 3.8) is 0 Å². The molecule has 2 amide bonds. The first-order valence-corrected chi connectivity index (χ1v) is 7.49. The number of imide groups is 1. The third-order valence-corrected chi connectivity index (χ3v) is 4.56. The second kappa shape index (κ2) is 5.61. The number of nitrogens with zero attached hydrogens (tertiary/aromatic N) is 1. The lowest BCUT2D eigenvalue weighted by molar-refractivity contribution is -0.157. The fraction of sp³-hybridized carbons (Fsp3) is 0.867. The fourth-order valence-corrected chi connectivity index (χ4v) is 3.59. The molecule has 1 saturated carbocycles. The van der Waals surface area contributed by atoms with E-state index in [0.717, 1.165) is 12.8 Å². The highest BCUT2D eigenvalue weighted by Gasteiger charge is 2.42. The summed E-state index contributed by atoms with van der Waals surface area (Å²) in [6.07, 6.45) is 6.78. The zero-order chi connectivity index (χ0) is 14.0. The number of likely N-dealkylation sites (tertiary alicyclic amines) is 1. The van der Waals surface area contributed by atoms with Crippen LogP contribution in [0.2, 0.25) is 0 Å². The van der Waals surface area contributed by atoms with Crippen molar-refractivity contribution < 1.29 is 9.59 Å². The van der Waals surface area contributed by atoms with Crippen LogP contribution in [0.3, 0.4) is 0 Å². The first-order valence-electron chi connectivity index (χ1n) is 7.49. The first kappa shape index (κ1) is 14.5. The largest absolute Gasteiger partial charge is 0.328 e. The van der Waals surface area contributed by atoms with Gasteiger partial charge in [0.2, 0.25) is 11.8 Å². The van der Waals surface area contributed by atoms with E-state index >= 15 is 0 Å². The van der Waals surface area contributed by atoms with Crippen molar-refractivity contribution in [1.29, 1.82) is 0 Å². The number of nitrogens with two attached hydrogens (primary N) is 1. The molecule has 0 aromatic heterocycles. The molecule has 0 radical (unpaired) electrons. The Morgan fingerprint density at radius 2 is 1.68 bits per heavy atom. The fourth-order valence-electron chi connectivity index (χ4n) is 3.59. The Balaban J connectivity index is 2.13. The van der Waals surface area contributed by atoms with Gasteiger partial charge in [0.15, 0.2) is 0 Å². The molecule has 4 heteroatoms. The molecule has 1 aliphatic heterocycles. The summed E-state index contributed by atoms with van der Waals surface area (Å²) in [5.41, 5.74) is 5.68. The van der Waals surface area contributed by atoms with Crippen LogP contribution in [0.15, 0.2) is 0 Å². The lowest BCUT2D eigenvalue weighted by Gasteiger charge is -2.42. The van der Waals surface area contributed by atoms with E-state index in [4.69, 9.17) is 5.73 Å². The first-order chi connectivity index (χ1) is 8.94. The summed E-state index contributed by atoms with van der Waals surface area (Å²) < 4.78 is 0. The van der Waals surface area contributed by atoms with Gasteiger partial charge >= 0.3 is 0 Å². The Bertz CT molecular complexity index is 339. The lowest BCUT2D eigenvalue weighted by atomic mass is 9.78. The monoisotopic (exact) mass is 266 g/mol. The number of hydrogen-bond acceptors (Lipinski definition) is 3. The Morgan fingerprint density at radius 1 is 1.16 bits per heavy atom. The quantitative estimate of drug-likeness (QED) is 0.795. The van der Waals surface area contributed by atoms with Crippen molar-refractivity contribution >= 4 is 11.8 Å². The predicted octanol–water partition coefficient (Wildman–Crippen LogP) is 2.07. The van der Waals surface area contributed by atoms with E-state index in [1.54, 1.807) is 0 Å². The molecule has 1 aliphatic carbocycles. The Hall–Kier alpha value is -0.900. The molecule has 2 aliphatic rings. The minimum Gasteiger partial charge on any atom is -0.328 e. The van der Waals surface area contributed by atoms with Gasteiger partial charge in [-0.2, -0.15) is 0 Å². The molecule has 0 aromatic carbocycles. The van der Waals surface area contributed by atoms with Crippen molar-refractivity contribution in [3.8, 4) is 0 Å². The molecule has 19 heavy (non-hydrogen) atoms.